The SMILES string of the molecule is O=C(C[NH+]1CC[NH+](Cc2ccccc2Cl)CC1)N/N=C\c1ccc([N+](=O)[O-])cc1. The number of nitro groups is 1. The van der Waals surface area contributed by atoms with Crippen LogP contribution in [0.5, 0.6) is 0 Å². The second kappa shape index (κ2) is 10.1. The molecule has 0 saturated carbocycles. The molecule has 1 heterocycles. The molecule has 3 rings (SSSR count). The molecule has 9 heteroatoms. The molecular formula is C20H24ClN5O3+2. The lowest BCUT2D eigenvalue weighted by molar-refractivity contribution is -1.02. The summed E-state index contributed by atoms with van der Waals surface area (Å²) in [6, 6.07) is 13.9. The number of hydrazone groups is 1. The van der Waals surface area contributed by atoms with Gasteiger partial charge in [-0.1, -0.05) is 29.8 Å². The van der Waals surface area contributed by atoms with E-state index in [0.717, 1.165) is 43.3 Å². The van der Waals surface area contributed by atoms with E-state index in [1.54, 1.807) is 12.1 Å². The number of non-ortho nitro benzene ring substituents is 1. The fourth-order valence-electron chi connectivity index (χ4n) is 3.35. The molecule has 152 valence electrons. The first-order valence-corrected chi connectivity index (χ1v) is 9.86. The number of nitrogens with one attached hydrogen (secondary N) is 3. The third-order valence-corrected chi connectivity index (χ3v) is 5.35. The molecule has 0 radical (unpaired) electrons. The highest BCUT2D eigenvalue weighted by Gasteiger charge is 2.25. The summed E-state index contributed by atoms with van der Waals surface area (Å²) in [7, 11) is 0. The highest BCUT2D eigenvalue weighted by molar-refractivity contribution is 6.31. The molecule has 1 amide bonds. The van der Waals surface area contributed by atoms with Crippen molar-refractivity contribution in [3.63, 3.8) is 0 Å². The third-order valence-electron chi connectivity index (χ3n) is 4.98. The number of nitrogens with zero attached hydrogens (tertiary/aromatic N) is 2. The van der Waals surface area contributed by atoms with E-state index in [1.165, 1.54) is 28.1 Å². The van der Waals surface area contributed by atoms with E-state index in [-0.39, 0.29) is 11.6 Å². The molecule has 0 aromatic heterocycles. The van der Waals surface area contributed by atoms with Gasteiger partial charge in [0.2, 0.25) is 0 Å². The number of halogens is 1. The van der Waals surface area contributed by atoms with E-state index >= 15 is 0 Å². The van der Waals surface area contributed by atoms with Crippen LogP contribution in [0.1, 0.15) is 11.1 Å². The van der Waals surface area contributed by atoms with Gasteiger partial charge in [0, 0.05) is 22.7 Å². The van der Waals surface area contributed by atoms with Crippen LogP contribution in [0, 0.1) is 10.1 Å². The summed E-state index contributed by atoms with van der Waals surface area (Å²) in [6.45, 7) is 5.08. The van der Waals surface area contributed by atoms with Gasteiger partial charge in [-0.15, -0.1) is 0 Å². The van der Waals surface area contributed by atoms with Crippen LogP contribution < -0.4 is 15.2 Å². The Hall–Kier alpha value is -2.81. The summed E-state index contributed by atoms with van der Waals surface area (Å²) in [5, 5.41) is 15.4. The summed E-state index contributed by atoms with van der Waals surface area (Å²) in [6.07, 6.45) is 1.47. The van der Waals surface area contributed by atoms with Gasteiger partial charge >= 0.3 is 0 Å². The fraction of sp³-hybridized carbons (Fsp3) is 0.300. The summed E-state index contributed by atoms with van der Waals surface area (Å²) < 4.78 is 0. The summed E-state index contributed by atoms with van der Waals surface area (Å²) in [4.78, 5) is 25.0. The molecule has 1 aliphatic rings. The summed E-state index contributed by atoms with van der Waals surface area (Å²) in [5.41, 5.74) is 4.38. The normalized spacial score (nSPS) is 19.2. The molecule has 0 unspecified atom stereocenters. The summed E-state index contributed by atoms with van der Waals surface area (Å²) >= 11 is 6.24. The van der Waals surface area contributed by atoms with Crippen molar-refractivity contribution >= 4 is 29.4 Å². The Morgan fingerprint density at radius 1 is 1.10 bits per heavy atom. The number of hydrogen-bond acceptors (Lipinski definition) is 4. The van der Waals surface area contributed by atoms with E-state index in [2.05, 4.69) is 16.6 Å². The minimum atomic E-state index is -0.457. The van der Waals surface area contributed by atoms with Gasteiger partial charge in [-0.3, -0.25) is 14.9 Å². The van der Waals surface area contributed by atoms with Crippen molar-refractivity contribution in [2.24, 2.45) is 5.10 Å². The number of nitro benzene ring substituents is 1. The van der Waals surface area contributed by atoms with Crippen molar-refractivity contribution < 1.29 is 19.5 Å². The van der Waals surface area contributed by atoms with Crippen LogP contribution in [-0.2, 0) is 11.3 Å². The minimum absolute atomic E-state index is 0.0191. The highest BCUT2D eigenvalue weighted by Crippen LogP contribution is 2.13. The monoisotopic (exact) mass is 417 g/mol. The van der Waals surface area contributed by atoms with Crippen LogP contribution in [0.3, 0.4) is 0 Å². The maximum Gasteiger partial charge on any atom is 0.295 e. The predicted octanol–water partition coefficient (Wildman–Crippen LogP) is -0.318. The molecule has 0 atom stereocenters. The van der Waals surface area contributed by atoms with Crippen molar-refractivity contribution in [2.75, 3.05) is 32.7 Å². The van der Waals surface area contributed by atoms with E-state index in [4.69, 9.17) is 11.6 Å². The first-order valence-electron chi connectivity index (χ1n) is 9.48. The average Bonchev–Trinajstić information content (AvgIpc) is 2.71. The summed E-state index contributed by atoms with van der Waals surface area (Å²) in [5.74, 6) is -0.146. The zero-order valence-electron chi connectivity index (χ0n) is 15.9. The van der Waals surface area contributed by atoms with Crippen molar-refractivity contribution in [1.29, 1.82) is 0 Å². The van der Waals surface area contributed by atoms with Crippen molar-refractivity contribution in [3.05, 3.63) is 74.8 Å². The number of piperazine rings is 1. The number of benzene rings is 2. The fourth-order valence-corrected chi connectivity index (χ4v) is 3.55. The lowest BCUT2D eigenvalue weighted by atomic mass is 10.2. The largest absolute Gasteiger partial charge is 0.322 e. The Kier molecular flexibility index (Phi) is 7.29. The number of amides is 1. The zero-order valence-corrected chi connectivity index (χ0v) is 16.7. The van der Waals surface area contributed by atoms with Crippen LogP contribution >= 0.6 is 11.6 Å². The number of quaternary nitrogens is 2. The standard InChI is InChI=1S/C20H22ClN5O3/c21-19-4-2-1-3-17(19)14-24-9-11-25(12-10-24)15-20(27)23-22-13-16-5-7-18(8-6-16)26(28)29/h1-8,13H,9-12,14-15H2,(H,23,27)/p+2/b22-13-. The second-order valence-electron chi connectivity index (χ2n) is 7.09. The van der Waals surface area contributed by atoms with E-state index in [9.17, 15) is 14.9 Å². The van der Waals surface area contributed by atoms with Gasteiger partial charge in [-0.25, -0.2) is 5.43 Å². The van der Waals surface area contributed by atoms with Crippen LogP contribution in [0.4, 0.5) is 5.69 Å². The minimum Gasteiger partial charge on any atom is -0.322 e. The second-order valence-corrected chi connectivity index (χ2v) is 7.49. The molecule has 3 N–H and O–H groups in total. The Morgan fingerprint density at radius 2 is 1.76 bits per heavy atom. The van der Waals surface area contributed by atoms with Crippen molar-refractivity contribution in [1.82, 2.24) is 5.43 Å². The molecule has 1 saturated heterocycles. The van der Waals surface area contributed by atoms with E-state index < -0.39 is 4.92 Å². The van der Waals surface area contributed by atoms with Crippen LogP contribution in [0.15, 0.2) is 53.6 Å². The molecule has 2 aromatic carbocycles. The van der Waals surface area contributed by atoms with E-state index in [1.807, 2.05) is 18.2 Å². The molecule has 29 heavy (non-hydrogen) atoms. The van der Waals surface area contributed by atoms with Crippen LogP contribution in [0.25, 0.3) is 0 Å². The Labute approximate surface area is 173 Å². The molecule has 0 aliphatic carbocycles. The van der Waals surface area contributed by atoms with Gasteiger partial charge in [0.05, 0.1) is 11.1 Å². The topological polar surface area (TPSA) is 93.5 Å². The highest BCUT2D eigenvalue weighted by atomic mass is 35.5. The van der Waals surface area contributed by atoms with Gasteiger partial charge in [0.1, 0.15) is 32.7 Å². The molecular weight excluding hydrogens is 394 g/mol. The van der Waals surface area contributed by atoms with Gasteiger partial charge in [-0.2, -0.15) is 5.10 Å². The Balaban J connectivity index is 1.39. The zero-order chi connectivity index (χ0) is 20.6. The predicted molar refractivity (Wildman–Crippen MR) is 110 cm³/mol. The Morgan fingerprint density at radius 3 is 2.41 bits per heavy atom. The molecule has 1 fully saturated rings. The van der Waals surface area contributed by atoms with Crippen molar-refractivity contribution in [3.8, 4) is 0 Å². The maximum absolute atomic E-state index is 12.1. The smallest absolute Gasteiger partial charge is 0.295 e. The van der Waals surface area contributed by atoms with Crippen LogP contribution in [0.2, 0.25) is 5.02 Å². The van der Waals surface area contributed by atoms with Crippen LogP contribution in [-0.4, -0.2) is 49.8 Å². The maximum atomic E-state index is 12.1. The number of carbonyl (C=O) groups is 1. The molecule has 2 aromatic rings. The first-order chi connectivity index (χ1) is 14.0. The number of hydrogen-bond donors (Lipinski definition) is 3. The molecule has 0 spiro atoms. The van der Waals surface area contributed by atoms with Gasteiger partial charge in [0.15, 0.2) is 6.54 Å². The first kappa shape index (κ1) is 20.9. The molecule has 0 bridgehead atoms. The molecule has 8 nitrogen and oxygen atoms in total. The number of rotatable bonds is 7. The lowest BCUT2D eigenvalue weighted by Crippen LogP contribution is -3.28. The number of carbonyl (C=O) groups excluding carboxylic acids is 1. The lowest BCUT2D eigenvalue weighted by Gasteiger charge is -2.29. The van der Waals surface area contributed by atoms with Gasteiger partial charge in [-0.05, 0) is 23.8 Å². The van der Waals surface area contributed by atoms with E-state index in [0.29, 0.717) is 12.1 Å². The quantitative estimate of drug-likeness (QED) is 0.327. The van der Waals surface area contributed by atoms with Gasteiger partial charge in [0.25, 0.3) is 11.6 Å². The average molecular weight is 418 g/mol. The third kappa shape index (κ3) is 6.35. The Bertz CT molecular complexity index is 880. The van der Waals surface area contributed by atoms with Crippen molar-refractivity contribution in [2.45, 2.75) is 6.54 Å². The van der Waals surface area contributed by atoms with Gasteiger partial charge < -0.3 is 9.80 Å². The molecule has 1 aliphatic heterocycles.